The smallest absolute Gasteiger partial charge is 0.241 e. The first-order chi connectivity index (χ1) is 9.79. The fraction of sp³-hybridized carbons (Fsp3) is 0.688. The zero-order valence-electron chi connectivity index (χ0n) is 12.2. The van der Waals surface area contributed by atoms with Gasteiger partial charge in [0.25, 0.3) is 0 Å². The van der Waals surface area contributed by atoms with Crippen molar-refractivity contribution in [3.63, 3.8) is 0 Å². The highest BCUT2D eigenvalue weighted by molar-refractivity contribution is 7.10. The van der Waals surface area contributed by atoms with Crippen molar-refractivity contribution in [1.29, 1.82) is 0 Å². The van der Waals surface area contributed by atoms with Gasteiger partial charge in [-0.15, -0.1) is 11.3 Å². The Labute approximate surface area is 125 Å². The van der Waals surface area contributed by atoms with Crippen molar-refractivity contribution < 1.29 is 4.79 Å². The molecule has 2 heterocycles. The summed E-state index contributed by atoms with van der Waals surface area (Å²) in [6.45, 7) is 3.00. The van der Waals surface area contributed by atoms with Gasteiger partial charge in [-0.3, -0.25) is 10.1 Å². The summed E-state index contributed by atoms with van der Waals surface area (Å²) in [7, 11) is 0. The standard InChI is InChI=1S/C16H24N2OS/c1-2-13-16(19)18(10-9-12-6-3-4-7-12)15(17-13)14-8-5-11-20-14/h5,8,11-13,15,17H,2-4,6-7,9-10H2,1H3. The number of hydrogen-bond acceptors (Lipinski definition) is 3. The molecule has 0 aromatic carbocycles. The molecule has 1 aliphatic heterocycles. The van der Waals surface area contributed by atoms with E-state index >= 15 is 0 Å². The van der Waals surface area contributed by atoms with Gasteiger partial charge in [-0.05, 0) is 30.2 Å². The van der Waals surface area contributed by atoms with Gasteiger partial charge in [0.1, 0.15) is 6.17 Å². The number of hydrogen-bond donors (Lipinski definition) is 1. The van der Waals surface area contributed by atoms with Crippen LogP contribution in [0.15, 0.2) is 17.5 Å². The molecule has 110 valence electrons. The third-order valence-electron chi connectivity index (χ3n) is 4.73. The van der Waals surface area contributed by atoms with Gasteiger partial charge in [-0.25, -0.2) is 0 Å². The number of nitrogens with one attached hydrogen (secondary N) is 1. The fourth-order valence-electron chi connectivity index (χ4n) is 3.51. The van der Waals surface area contributed by atoms with Crippen molar-refractivity contribution in [1.82, 2.24) is 10.2 Å². The van der Waals surface area contributed by atoms with E-state index in [4.69, 9.17) is 0 Å². The average molecular weight is 292 g/mol. The molecule has 1 N–H and O–H groups in total. The van der Waals surface area contributed by atoms with Crippen molar-refractivity contribution in [3.05, 3.63) is 22.4 Å². The number of carbonyl (C=O) groups excluding carboxylic acids is 1. The van der Waals surface area contributed by atoms with E-state index in [0.29, 0.717) is 5.91 Å². The van der Waals surface area contributed by atoms with E-state index in [0.717, 1.165) is 18.9 Å². The lowest BCUT2D eigenvalue weighted by atomic mass is 10.0. The molecule has 3 rings (SSSR count). The van der Waals surface area contributed by atoms with Crippen LogP contribution in [0, 0.1) is 5.92 Å². The van der Waals surface area contributed by atoms with Crippen LogP contribution in [0.2, 0.25) is 0 Å². The van der Waals surface area contributed by atoms with E-state index in [2.05, 4.69) is 34.7 Å². The van der Waals surface area contributed by atoms with Crippen molar-refractivity contribution in [3.8, 4) is 0 Å². The molecule has 1 aromatic heterocycles. The summed E-state index contributed by atoms with van der Waals surface area (Å²) in [5.41, 5.74) is 0. The van der Waals surface area contributed by atoms with Crippen molar-refractivity contribution in [2.24, 2.45) is 5.92 Å². The molecule has 2 atom stereocenters. The van der Waals surface area contributed by atoms with Crippen LogP contribution in [-0.4, -0.2) is 23.4 Å². The second kappa shape index (κ2) is 6.27. The summed E-state index contributed by atoms with van der Waals surface area (Å²) < 4.78 is 0. The zero-order chi connectivity index (χ0) is 13.9. The third kappa shape index (κ3) is 2.77. The SMILES string of the molecule is CCC1NC(c2cccs2)N(CCC2CCCC2)C1=O. The largest absolute Gasteiger partial charge is 0.321 e. The van der Waals surface area contributed by atoms with Crippen LogP contribution in [0.25, 0.3) is 0 Å². The van der Waals surface area contributed by atoms with E-state index in [9.17, 15) is 4.79 Å². The molecule has 20 heavy (non-hydrogen) atoms. The molecule has 3 nitrogen and oxygen atoms in total. The van der Waals surface area contributed by atoms with Crippen molar-refractivity contribution >= 4 is 17.2 Å². The van der Waals surface area contributed by atoms with Crippen LogP contribution in [0.1, 0.15) is 56.5 Å². The molecule has 4 heteroatoms. The first-order valence-electron chi connectivity index (χ1n) is 7.89. The molecule has 1 amide bonds. The average Bonchev–Trinajstić information content (AvgIpc) is 3.18. The number of carbonyl (C=O) groups is 1. The third-order valence-corrected chi connectivity index (χ3v) is 5.65. The maximum Gasteiger partial charge on any atom is 0.241 e. The van der Waals surface area contributed by atoms with Gasteiger partial charge < -0.3 is 4.90 Å². The van der Waals surface area contributed by atoms with Crippen LogP contribution in [0.4, 0.5) is 0 Å². The minimum atomic E-state index is 0.00526. The Morgan fingerprint density at radius 3 is 2.85 bits per heavy atom. The molecule has 0 radical (unpaired) electrons. The molecular formula is C16H24N2OS. The Morgan fingerprint density at radius 2 is 2.20 bits per heavy atom. The van der Waals surface area contributed by atoms with Crippen LogP contribution in [0.5, 0.6) is 0 Å². The maximum atomic E-state index is 12.5. The molecule has 2 unspecified atom stereocenters. The lowest BCUT2D eigenvalue weighted by molar-refractivity contribution is -0.130. The van der Waals surface area contributed by atoms with Crippen molar-refractivity contribution in [2.45, 2.75) is 57.7 Å². The van der Waals surface area contributed by atoms with Crippen molar-refractivity contribution in [2.75, 3.05) is 6.54 Å². The highest BCUT2D eigenvalue weighted by Crippen LogP contribution is 2.32. The summed E-state index contributed by atoms with van der Waals surface area (Å²) in [6, 6.07) is 4.21. The minimum Gasteiger partial charge on any atom is -0.321 e. The molecule has 0 bridgehead atoms. The Balaban J connectivity index is 1.68. The van der Waals surface area contributed by atoms with Gasteiger partial charge in [0.15, 0.2) is 0 Å². The maximum absolute atomic E-state index is 12.5. The zero-order valence-corrected chi connectivity index (χ0v) is 13.0. The molecule has 0 spiro atoms. The van der Waals surface area contributed by atoms with Crippen LogP contribution >= 0.6 is 11.3 Å². The second-order valence-corrected chi connectivity index (χ2v) is 7.00. The first kappa shape index (κ1) is 14.1. The van der Waals surface area contributed by atoms with Crippen LogP contribution < -0.4 is 5.32 Å². The summed E-state index contributed by atoms with van der Waals surface area (Å²) in [4.78, 5) is 15.9. The Morgan fingerprint density at radius 1 is 1.40 bits per heavy atom. The predicted molar refractivity (Wildman–Crippen MR) is 82.6 cm³/mol. The molecular weight excluding hydrogens is 268 g/mol. The van der Waals surface area contributed by atoms with Gasteiger partial charge >= 0.3 is 0 Å². The lowest BCUT2D eigenvalue weighted by Gasteiger charge is -2.24. The second-order valence-electron chi connectivity index (χ2n) is 6.02. The van der Waals surface area contributed by atoms with E-state index < -0.39 is 0 Å². The minimum absolute atomic E-state index is 0.00526. The summed E-state index contributed by atoms with van der Waals surface area (Å²) in [5.74, 6) is 1.14. The summed E-state index contributed by atoms with van der Waals surface area (Å²) >= 11 is 1.74. The lowest BCUT2D eigenvalue weighted by Crippen LogP contribution is -2.32. The van der Waals surface area contributed by atoms with Crippen LogP contribution in [-0.2, 0) is 4.79 Å². The first-order valence-corrected chi connectivity index (χ1v) is 8.77. The molecule has 1 saturated carbocycles. The number of rotatable bonds is 5. The quantitative estimate of drug-likeness (QED) is 0.900. The van der Waals surface area contributed by atoms with E-state index in [1.54, 1.807) is 11.3 Å². The number of amides is 1. The Bertz CT molecular complexity index is 439. The topological polar surface area (TPSA) is 32.3 Å². The van der Waals surface area contributed by atoms with Gasteiger partial charge in [-0.2, -0.15) is 0 Å². The molecule has 1 aromatic rings. The van der Waals surface area contributed by atoms with Gasteiger partial charge in [0.05, 0.1) is 6.04 Å². The number of nitrogens with zero attached hydrogens (tertiary/aromatic N) is 1. The van der Waals surface area contributed by atoms with E-state index in [1.165, 1.54) is 37.0 Å². The van der Waals surface area contributed by atoms with Crippen LogP contribution in [0.3, 0.4) is 0 Å². The number of thiophene rings is 1. The van der Waals surface area contributed by atoms with Gasteiger partial charge in [0.2, 0.25) is 5.91 Å². The Kier molecular flexibility index (Phi) is 4.41. The van der Waals surface area contributed by atoms with E-state index in [1.807, 2.05) is 0 Å². The molecule has 1 saturated heterocycles. The fourth-order valence-corrected chi connectivity index (χ4v) is 4.31. The van der Waals surface area contributed by atoms with E-state index in [-0.39, 0.29) is 12.2 Å². The highest BCUT2D eigenvalue weighted by Gasteiger charge is 2.38. The molecule has 1 aliphatic carbocycles. The molecule has 2 fully saturated rings. The summed E-state index contributed by atoms with van der Waals surface area (Å²) in [5, 5.41) is 5.60. The highest BCUT2D eigenvalue weighted by atomic mass is 32.1. The van der Waals surface area contributed by atoms with Gasteiger partial charge in [0, 0.05) is 11.4 Å². The normalized spacial score (nSPS) is 27.6. The Hall–Kier alpha value is -0.870. The monoisotopic (exact) mass is 292 g/mol. The van der Waals surface area contributed by atoms with Gasteiger partial charge in [-0.1, -0.05) is 38.7 Å². The molecule has 2 aliphatic rings. The predicted octanol–water partition coefficient (Wildman–Crippen LogP) is 3.54. The summed E-state index contributed by atoms with van der Waals surface area (Å²) in [6.07, 6.45) is 7.62.